The topological polar surface area (TPSA) is 384 Å². The number of aliphatic hydroxyl groups is 3. The minimum Gasteiger partial charge on any atom is -0.393 e. The number of amides is 2. The summed E-state index contributed by atoms with van der Waals surface area (Å²) in [7, 11) is -16.4. The first-order valence-electron chi connectivity index (χ1n) is 15.6. The molecule has 1 saturated heterocycles. The summed E-state index contributed by atoms with van der Waals surface area (Å²) >= 11 is 0.939. The Labute approximate surface area is 310 Å². The van der Waals surface area contributed by atoms with E-state index < -0.39 is 90.7 Å². The number of imidazole rings is 1. The van der Waals surface area contributed by atoms with Crippen LogP contribution in [0.25, 0.3) is 11.2 Å². The minimum atomic E-state index is -5.57. The number of rotatable bonds is 21. The van der Waals surface area contributed by atoms with Crippen molar-refractivity contribution in [2.75, 3.05) is 37.8 Å². The Bertz CT molecular complexity index is 1780. The van der Waals surface area contributed by atoms with Gasteiger partial charge in [-0.25, -0.2) is 28.6 Å². The number of nitrogens with zero attached hydrogens (tertiary/aromatic N) is 4. The van der Waals surface area contributed by atoms with E-state index in [4.69, 9.17) is 19.5 Å². The largest absolute Gasteiger partial charge is 0.481 e. The number of thioether (sulfide) groups is 1. The summed E-state index contributed by atoms with van der Waals surface area (Å²) in [4.78, 5) is 86.9. The van der Waals surface area contributed by atoms with Gasteiger partial charge in [0.05, 0.1) is 25.6 Å². The average molecular weight is 854 g/mol. The third kappa shape index (κ3) is 13.9. The van der Waals surface area contributed by atoms with Gasteiger partial charge in [-0.15, -0.1) is 0 Å². The SMILES string of the molecule is C[C@@H](O)CC(=O)SCCNC(=O)CCNC(=O)[C@@H](O)C(C)(C)COP(=O)(O)OP(=O)(O)OC[C@@H]1O[C@@H](n2cnc3c(N)ncnc32)[C@H](O)[C@H]1OP(=O)(O)O. The molecule has 2 unspecified atom stereocenters. The molecule has 0 bridgehead atoms. The van der Waals surface area contributed by atoms with E-state index in [9.17, 15) is 63.0 Å². The molecule has 0 spiro atoms. The Kier molecular flexibility index (Phi) is 16.2. The number of fused-ring (bicyclic) bond motifs is 1. The number of ether oxygens (including phenoxy) is 1. The molecule has 54 heavy (non-hydrogen) atoms. The third-order valence-electron chi connectivity index (χ3n) is 7.23. The van der Waals surface area contributed by atoms with Crippen LogP contribution in [0.15, 0.2) is 12.7 Å². The lowest BCUT2D eigenvalue weighted by Crippen LogP contribution is -2.46. The highest BCUT2D eigenvalue weighted by molar-refractivity contribution is 8.13. The highest BCUT2D eigenvalue weighted by Crippen LogP contribution is 2.61. The predicted octanol–water partition coefficient (Wildman–Crippen LogP) is -1.56. The van der Waals surface area contributed by atoms with E-state index in [1.54, 1.807) is 0 Å². The molecule has 2 aromatic heterocycles. The monoisotopic (exact) mass is 853 g/mol. The van der Waals surface area contributed by atoms with Gasteiger partial charge in [-0.3, -0.25) is 32.5 Å². The summed E-state index contributed by atoms with van der Waals surface area (Å²) in [6.45, 7) is 1.83. The second-order valence-electron chi connectivity index (χ2n) is 12.3. The van der Waals surface area contributed by atoms with Gasteiger partial charge in [0.25, 0.3) is 0 Å². The maximum absolute atomic E-state index is 12.6. The van der Waals surface area contributed by atoms with Crippen molar-refractivity contribution in [3.63, 3.8) is 0 Å². The molecule has 306 valence electrons. The summed E-state index contributed by atoms with van der Waals surface area (Å²) in [6.07, 6.45) is -7.79. The Hall–Kier alpha value is -2.48. The van der Waals surface area contributed by atoms with Gasteiger partial charge in [0.1, 0.15) is 36.3 Å². The molecule has 0 saturated carbocycles. The van der Waals surface area contributed by atoms with Crippen LogP contribution in [0.5, 0.6) is 0 Å². The Morgan fingerprint density at radius 1 is 1.06 bits per heavy atom. The molecular weight excluding hydrogens is 811 g/mol. The average Bonchev–Trinajstić information content (AvgIpc) is 3.60. The van der Waals surface area contributed by atoms with Crippen molar-refractivity contribution in [1.29, 1.82) is 0 Å². The predicted molar refractivity (Wildman–Crippen MR) is 183 cm³/mol. The number of aromatic nitrogens is 4. The number of phosphoric ester groups is 3. The molecule has 1 aliphatic rings. The van der Waals surface area contributed by atoms with Crippen molar-refractivity contribution in [3.05, 3.63) is 12.7 Å². The van der Waals surface area contributed by atoms with E-state index in [-0.39, 0.29) is 53.8 Å². The van der Waals surface area contributed by atoms with Crippen molar-refractivity contribution < 1.29 is 85.6 Å². The summed E-state index contributed by atoms with van der Waals surface area (Å²) in [5.74, 6) is -1.25. The number of nitrogens with one attached hydrogen (secondary N) is 2. The van der Waals surface area contributed by atoms with Gasteiger partial charge in [-0.1, -0.05) is 25.6 Å². The van der Waals surface area contributed by atoms with E-state index in [0.717, 1.165) is 29.0 Å². The van der Waals surface area contributed by atoms with Gasteiger partial charge in [0.15, 0.2) is 22.8 Å². The van der Waals surface area contributed by atoms with Crippen LogP contribution in [0.4, 0.5) is 5.82 Å². The minimum absolute atomic E-state index is 0.0259. The summed E-state index contributed by atoms with van der Waals surface area (Å²) in [5.41, 5.74) is 4.23. The van der Waals surface area contributed by atoms with E-state index in [1.165, 1.54) is 20.8 Å². The molecule has 0 aliphatic carbocycles. The highest BCUT2D eigenvalue weighted by atomic mass is 32.2. The first-order valence-corrected chi connectivity index (χ1v) is 21.1. The normalized spacial score (nSPS) is 22.6. The fourth-order valence-corrected chi connectivity index (χ4v) is 8.22. The lowest BCUT2D eigenvalue weighted by molar-refractivity contribution is -0.137. The van der Waals surface area contributed by atoms with Crippen molar-refractivity contribution in [2.24, 2.45) is 5.41 Å². The third-order valence-corrected chi connectivity index (χ3v) is 11.2. The summed E-state index contributed by atoms with van der Waals surface area (Å²) in [5, 5.41) is 35.2. The van der Waals surface area contributed by atoms with Gasteiger partial charge >= 0.3 is 23.5 Å². The van der Waals surface area contributed by atoms with Crippen LogP contribution < -0.4 is 16.4 Å². The molecule has 2 amide bonds. The number of hydrogen-bond acceptors (Lipinski definition) is 19. The zero-order valence-electron chi connectivity index (χ0n) is 28.8. The van der Waals surface area contributed by atoms with Gasteiger partial charge in [-0.05, 0) is 6.92 Å². The number of phosphoric acid groups is 3. The molecule has 11 N–H and O–H groups in total. The van der Waals surface area contributed by atoms with Crippen LogP contribution in [0, 0.1) is 5.41 Å². The number of nitrogens with two attached hydrogens (primary N) is 1. The number of nitrogen functional groups attached to an aromatic ring is 1. The van der Waals surface area contributed by atoms with Crippen molar-refractivity contribution in [2.45, 2.75) is 70.4 Å². The second kappa shape index (κ2) is 19.1. The van der Waals surface area contributed by atoms with Gasteiger partial charge in [0.2, 0.25) is 11.8 Å². The molecule has 29 heteroatoms. The van der Waals surface area contributed by atoms with Gasteiger partial charge in [-0.2, -0.15) is 4.31 Å². The van der Waals surface area contributed by atoms with Crippen molar-refractivity contribution in [1.82, 2.24) is 30.2 Å². The molecule has 0 radical (unpaired) electrons. The van der Waals surface area contributed by atoms with Crippen LogP contribution in [0.1, 0.15) is 39.8 Å². The quantitative estimate of drug-likeness (QED) is 0.0501. The lowest BCUT2D eigenvalue weighted by atomic mass is 9.87. The Morgan fingerprint density at radius 3 is 2.37 bits per heavy atom. The lowest BCUT2D eigenvalue weighted by Gasteiger charge is -2.30. The number of hydrogen-bond donors (Lipinski definition) is 10. The second-order valence-corrected chi connectivity index (χ2v) is 17.7. The fraction of sp³-hybridized carbons (Fsp3) is 0.680. The maximum Gasteiger partial charge on any atom is 0.481 e. The number of carbonyl (C=O) groups excluding carboxylic acids is 3. The van der Waals surface area contributed by atoms with Crippen LogP contribution in [0.2, 0.25) is 0 Å². The summed E-state index contributed by atoms with van der Waals surface area (Å²) < 4.78 is 61.9. The van der Waals surface area contributed by atoms with Crippen LogP contribution in [-0.4, -0.2) is 134 Å². The van der Waals surface area contributed by atoms with E-state index in [0.29, 0.717) is 0 Å². The number of anilines is 1. The van der Waals surface area contributed by atoms with E-state index >= 15 is 0 Å². The van der Waals surface area contributed by atoms with Crippen LogP contribution >= 0.6 is 35.2 Å². The van der Waals surface area contributed by atoms with Crippen LogP contribution in [0.3, 0.4) is 0 Å². The number of carbonyl (C=O) groups is 3. The maximum atomic E-state index is 12.6. The molecule has 1 fully saturated rings. The molecule has 1 aliphatic heterocycles. The van der Waals surface area contributed by atoms with E-state index in [1.807, 2.05) is 0 Å². The standard InChI is InChI=1S/C25H42N7O18P3S/c1-13(33)8-16(35)54-7-6-27-15(34)4-5-28-23(38)20(37)25(2,3)10-47-53(44,45)50-52(42,43)46-9-14-19(49-51(39,40)41)18(36)24(48-14)32-12-31-17-21(26)29-11-30-22(17)32/h11-14,18-20,24,33,36-37H,4-10H2,1-3H3,(H,27,34)(H,28,38)(H,42,43)(H,44,45)(H2,26,29,30)(H2,39,40,41)/t13-,14+,18-,19+,20-,24-/m1/s1. The van der Waals surface area contributed by atoms with Gasteiger partial charge < -0.3 is 56.0 Å². The first kappa shape index (κ1) is 45.9. The van der Waals surface area contributed by atoms with Crippen molar-refractivity contribution in [3.8, 4) is 0 Å². The molecular formula is C25H42N7O18P3S. The zero-order chi connectivity index (χ0) is 40.6. The Morgan fingerprint density at radius 2 is 1.72 bits per heavy atom. The molecule has 25 nitrogen and oxygen atoms in total. The van der Waals surface area contributed by atoms with Crippen molar-refractivity contribution >= 4 is 69.1 Å². The molecule has 3 heterocycles. The van der Waals surface area contributed by atoms with Crippen LogP contribution in [-0.2, 0) is 50.7 Å². The highest BCUT2D eigenvalue weighted by Gasteiger charge is 2.50. The van der Waals surface area contributed by atoms with E-state index in [2.05, 4.69) is 34.4 Å². The zero-order valence-corrected chi connectivity index (χ0v) is 32.3. The number of aliphatic hydroxyl groups excluding tert-OH is 3. The fourth-order valence-electron chi connectivity index (χ4n) is 4.60. The molecule has 8 atom stereocenters. The molecule has 2 aromatic rings. The summed E-state index contributed by atoms with van der Waals surface area (Å²) in [6, 6.07) is 0. The first-order chi connectivity index (χ1) is 24.9. The molecule has 3 rings (SSSR count). The smallest absolute Gasteiger partial charge is 0.393 e. The Balaban J connectivity index is 1.51. The van der Waals surface area contributed by atoms with Gasteiger partial charge in [0, 0.05) is 37.1 Å². The molecule has 0 aromatic carbocycles.